The molecule has 0 bridgehead atoms. The van der Waals surface area contributed by atoms with E-state index in [1.165, 1.54) is 24.2 Å². The number of carbonyl (C=O) groups excluding carboxylic acids is 2. The predicted octanol–water partition coefficient (Wildman–Crippen LogP) is 4.49. The molecule has 0 spiro atoms. The third-order valence-corrected chi connectivity index (χ3v) is 7.30. The molecule has 2 aliphatic rings. The number of nitrogens with one attached hydrogen (secondary N) is 1. The molecule has 1 aliphatic carbocycles. The van der Waals surface area contributed by atoms with Crippen molar-refractivity contribution < 1.29 is 14.3 Å². The summed E-state index contributed by atoms with van der Waals surface area (Å²) < 4.78 is 5.62. The highest BCUT2D eigenvalue weighted by Gasteiger charge is 2.39. The van der Waals surface area contributed by atoms with Crippen LogP contribution in [0.3, 0.4) is 0 Å². The van der Waals surface area contributed by atoms with Gasteiger partial charge in [-0.2, -0.15) is 0 Å². The quantitative estimate of drug-likeness (QED) is 0.763. The van der Waals surface area contributed by atoms with E-state index in [2.05, 4.69) is 10.3 Å². The molecule has 0 radical (unpaired) electrons. The normalized spacial score (nSPS) is 18.2. The van der Waals surface area contributed by atoms with Crippen LogP contribution in [0.1, 0.15) is 51.5 Å². The smallest absolute Gasteiger partial charge is 0.410 e. The number of hydrogen-bond donors (Lipinski definition) is 1. The number of nitrogens with zero attached hydrogens (tertiary/aromatic N) is 2. The van der Waals surface area contributed by atoms with Crippen LogP contribution < -0.4 is 10.1 Å². The standard InChI is InChI=1S/C23H29N3O3S/c1-14-4-7-20(30-14)22(27)25-21(17-5-6-17)18-9-12-26(13-10-18)23(28)29-19-8-11-24-16(3)15(19)2/h4,7-8,11,17-18,21H,5-6,9-10,12-13H2,1-3H3,(H,25,27)/t21-/m1/s1. The van der Waals surface area contributed by atoms with Crippen molar-refractivity contribution in [1.82, 2.24) is 15.2 Å². The van der Waals surface area contributed by atoms with Crippen LogP contribution in [0.25, 0.3) is 0 Å². The number of pyridine rings is 1. The number of hydrogen-bond acceptors (Lipinski definition) is 5. The second-order valence-electron chi connectivity index (χ2n) is 8.46. The summed E-state index contributed by atoms with van der Waals surface area (Å²) in [6.45, 7) is 7.15. The van der Waals surface area contributed by atoms with E-state index in [9.17, 15) is 9.59 Å². The van der Waals surface area contributed by atoms with Gasteiger partial charge in [0, 0.05) is 41.5 Å². The summed E-state index contributed by atoms with van der Waals surface area (Å²) in [4.78, 5) is 33.2. The zero-order valence-electron chi connectivity index (χ0n) is 17.8. The fraction of sp³-hybridized carbons (Fsp3) is 0.522. The Morgan fingerprint density at radius 1 is 1.10 bits per heavy atom. The molecule has 0 aromatic carbocycles. The summed E-state index contributed by atoms with van der Waals surface area (Å²) in [7, 11) is 0. The fourth-order valence-corrected chi connectivity index (χ4v) is 4.95. The van der Waals surface area contributed by atoms with Crippen molar-refractivity contribution >= 4 is 23.3 Å². The Labute approximate surface area is 181 Å². The zero-order chi connectivity index (χ0) is 21.3. The fourth-order valence-electron chi connectivity index (χ4n) is 4.18. The van der Waals surface area contributed by atoms with Crippen LogP contribution in [0, 0.1) is 32.6 Å². The van der Waals surface area contributed by atoms with Gasteiger partial charge in [-0.15, -0.1) is 11.3 Å². The number of thiophene rings is 1. The van der Waals surface area contributed by atoms with Crippen molar-refractivity contribution in [3.8, 4) is 5.75 Å². The van der Waals surface area contributed by atoms with Gasteiger partial charge in [-0.05, 0) is 76.5 Å². The summed E-state index contributed by atoms with van der Waals surface area (Å²) in [5, 5.41) is 3.31. The first-order valence-corrected chi connectivity index (χ1v) is 11.5. The van der Waals surface area contributed by atoms with Gasteiger partial charge < -0.3 is 15.0 Å². The minimum absolute atomic E-state index is 0.0374. The van der Waals surface area contributed by atoms with Gasteiger partial charge in [0.2, 0.25) is 0 Å². The van der Waals surface area contributed by atoms with Crippen LogP contribution in [0.5, 0.6) is 5.75 Å². The topological polar surface area (TPSA) is 71.5 Å². The van der Waals surface area contributed by atoms with Crippen molar-refractivity contribution in [2.75, 3.05) is 13.1 Å². The van der Waals surface area contributed by atoms with E-state index >= 15 is 0 Å². The molecular weight excluding hydrogens is 398 g/mol. The number of rotatable bonds is 5. The molecule has 30 heavy (non-hydrogen) atoms. The molecule has 1 saturated carbocycles. The molecule has 1 N–H and O–H groups in total. The summed E-state index contributed by atoms with van der Waals surface area (Å²) >= 11 is 1.54. The highest BCUT2D eigenvalue weighted by molar-refractivity contribution is 7.13. The lowest BCUT2D eigenvalue weighted by Gasteiger charge is -2.36. The Morgan fingerprint density at radius 3 is 2.43 bits per heavy atom. The van der Waals surface area contributed by atoms with E-state index in [1.54, 1.807) is 17.2 Å². The SMILES string of the molecule is Cc1ccc(C(=O)N[C@H](C2CC2)C2CCN(C(=O)Oc3ccnc(C)c3C)CC2)s1. The van der Waals surface area contributed by atoms with Gasteiger partial charge >= 0.3 is 6.09 Å². The molecule has 1 aliphatic heterocycles. The van der Waals surface area contributed by atoms with Crippen LogP contribution in [0.2, 0.25) is 0 Å². The Hall–Kier alpha value is -2.41. The van der Waals surface area contributed by atoms with Crippen LogP contribution in [0.4, 0.5) is 4.79 Å². The van der Waals surface area contributed by atoms with Crippen molar-refractivity contribution in [2.24, 2.45) is 11.8 Å². The van der Waals surface area contributed by atoms with E-state index < -0.39 is 0 Å². The van der Waals surface area contributed by atoms with Crippen molar-refractivity contribution in [3.63, 3.8) is 0 Å². The summed E-state index contributed by atoms with van der Waals surface area (Å²) in [6, 6.07) is 5.82. The van der Waals surface area contributed by atoms with Gasteiger partial charge in [-0.3, -0.25) is 9.78 Å². The molecule has 2 fully saturated rings. The number of aromatic nitrogens is 1. The van der Waals surface area contributed by atoms with E-state index in [4.69, 9.17) is 4.74 Å². The molecule has 4 rings (SSSR count). The van der Waals surface area contributed by atoms with Crippen molar-refractivity contribution in [1.29, 1.82) is 0 Å². The molecule has 1 saturated heterocycles. The first-order chi connectivity index (χ1) is 14.4. The zero-order valence-corrected chi connectivity index (χ0v) is 18.6. The number of likely N-dealkylation sites (tertiary alicyclic amines) is 1. The largest absolute Gasteiger partial charge is 0.415 e. The first-order valence-electron chi connectivity index (χ1n) is 10.7. The highest BCUT2D eigenvalue weighted by atomic mass is 32.1. The van der Waals surface area contributed by atoms with E-state index in [0.717, 1.165) is 33.9 Å². The maximum atomic E-state index is 12.7. The summed E-state index contributed by atoms with van der Waals surface area (Å²) in [6.07, 6.45) is 5.48. The molecule has 2 amide bonds. The Kier molecular flexibility index (Phi) is 6.09. The van der Waals surface area contributed by atoms with Crippen LogP contribution in [0.15, 0.2) is 24.4 Å². The van der Waals surface area contributed by atoms with Crippen molar-refractivity contribution in [3.05, 3.63) is 45.4 Å². The molecule has 2 aromatic rings. The lowest BCUT2D eigenvalue weighted by molar-refractivity contribution is 0.0874. The van der Waals surface area contributed by atoms with Gasteiger partial charge in [-0.25, -0.2) is 4.79 Å². The molecule has 6 nitrogen and oxygen atoms in total. The second-order valence-corrected chi connectivity index (χ2v) is 9.75. The second kappa shape index (κ2) is 8.76. The van der Waals surface area contributed by atoms with E-state index in [0.29, 0.717) is 30.7 Å². The van der Waals surface area contributed by atoms with Gasteiger partial charge in [-0.1, -0.05) is 0 Å². The number of piperidine rings is 1. The highest BCUT2D eigenvalue weighted by Crippen LogP contribution is 2.39. The average molecular weight is 428 g/mol. The maximum absolute atomic E-state index is 12.7. The molecular formula is C23H29N3O3S. The Bertz CT molecular complexity index is 930. The summed E-state index contributed by atoms with van der Waals surface area (Å²) in [5.41, 5.74) is 1.75. The van der Waals surface area contributed by atoms with Crippen LogP contribution >= 0.6 is 11.3 Å². The lowest BCUT2D eigenvalue weighted by Crippen LogP contribution is -2.48. The minimum atomic E-state index is -0.303. The third kappa shape index (κ3) is 4.67. The van der Waals surface area contributed by atoms with E-state index in [1.807, 2.05) is 32.9 Å². The molecule has 7 heteroatoms. The first kappa shape index (κ1) is 20.8. The average Bonchev–Trinajstić information content (AvgIpc) is 3.49. The number of aryl methyl sites for hydroxylation is 2. The monoisotopic (exact) mass is 427 g/mol. The predicted molar refractivity (Wildman–Crippen MR) is 117 cm³/mol. The third-order valence-electron chi connectivity index (χ3n) is 6.30. The number of ether oxygens (including phenoxy) is 1. The molecule has 1 atom stereocenters. The van der Waals surface area contributed by atoms with Gasteiger partial charge in [0.15, 0.2) is 0 Å². The number of carbonyl (C=O) groups is 2. The van der Waals surface area contributed by atoms with Gasteiger partial charge in [0.05, 0.1) is 4.88 Å². The Balaban J connectivity index is 1.33. The van der Waals surface area contributed by atoms with Gasteiger partial charge in [0.25, 0.3) is 5.91 Å². The molecule has 2 aromatic heterocycles. The molecule has 160 valence electrons. The minimum Gasteiger partial charge on any atom is -0.410 e. The number of amides is 2. The van der Waals surface area contributed by atoms with Crippen LogP contribution in [-0.2, 0) is 0 Å². The lowest BCUT2D eigenvalue weighted by atomic mass is 9.86. The molecule has 0 unspecified atom stereocenters. The van der Waals surface area contributed by atoms with E-state index in [-0.39, 0.29) is 18.0 Å². The summed E-state index contributed by atoms with van der Waals surface area (Å²) in [5.74, 6) is 1.58. The Morgan fingerprint density at radius 2 is 1.80 bits per heavy atom. The van der Waals surface area contributed by atoms with Crippen LogP contribution in [-0.4, -0.2) is 41.0 Å². The maximum Gasteiger partial charge on any atom is 0.415 e. The van der Waals surface area contributed by atoms with Crippen molar-refractivity contribution in [2.45, 2.75) is 52.5 Å². The van der Waals surface area contributed by atoms with Gasteiger partial charge in [0.1, 0.15) is 5.75 Å². The molecule has 3 heterocycles.